The lowest BCUT2D eigenvalue weighted by atomic mass is 10.1. The number of benzene rings is 1. The summed E-state index contributed by atoms with van der Waals surface area (Å²) in [6.45, 7) is 1.35. The highest BCUT2D eigenvalue weighted by molar-refractivity contribution is 5.99. The molecule has 1 atom stereocenters. The number of likely N-dealkylation sites (tertiary alicyclic amines) is 1. The van der Waals surface area contributed by atoms with E-state index in [1.165, 1.54) is 19.2 Å². The van der Waals surface area contributed by atoms with Crippen LogP contribution in [0.15, 0.2) is 18.2 Å². The average Bonchev–Trinajstić information content (AvgIpc) is 3.32. The number of esters is 1. The molecular weight excluding hydrogens is 390 g/mol. The summed E-state index contributed by atoms with van der Waals surface area (Å²) in [4.78, 5) is 37.6. The number of aromatic nitrogens is 3. The fourth-order valence-electron chi connectivity index (χ4n) is 4.27. The van der Waals surface area contributed by atoms with Crippen molar-refractivity contribution in [3.8, 4) is 0 Å². The molecule has 1 amide bonds. The Hall–Kier alpha value is -3.30. The van der Waals surface area contributed by atoms with Crippen molar-refractivity contribution in [2.75, 3.05) is 13.7 Å². The van der Waals surface area contributed by atoms with Crippen LogP contribution in [0.4, 0.5) is 5.69 Å². The maximum absolute atomic E-state index is 13.3. The van der Waals surface area contributed by atoms with Crippen LogP contribution in [-0.4, -0.2) is 50.1 Å². The number of hydrogen-bond donors (Lipinski definition) is 0. The number of nitro groups is 1. The monoisotopic (exact) mass is 413 g/mol. The molecule has 1 aromatic carbocycles. The van der Waals surface area contributed by atoms with Gasteiger partial charge in [-0.3, -0.25) is 14.9 Å². The van der Waals surface area contributed by atoms with Crippen LogP contribution in [0.3, 0.4) is 0 Å². The average molecular weight is 413 g/mol. The van der Waals surface area contributed by atoms with Crippen molar-refractivity contribution in [1.29, 1.82) is 0 Å². The molecule has 2 aromatic rings. The third kappa shape index (κ3) is 3.64. The molecule has 1 saturated heterocycles. The van der Waals surface area contributed by atoms with Crippen LogP contribution in [-0.2, 0) is 17.7 Å². The molecule has 2 aliphatic heterocycles. The standard InChI is InChI=1S/C20H23N5O5/c1-30-20(27)14-10-13(11-15(12-14)25(28)29)19(26)23-9-5-6-16(23)18-22-21-17-7-3-2-4-8-24(17)18/h10-12,16H,2-9H2,1H3/t16-/m0/s1. The summed E-state index contributed by atoms with van der Waals surface area (Å²) in [5, 5.41) is 20.0. The minimum atomic E-state index is -0.728. The highest BCUT2D eigenvalue weighted by Gasteiger charge is 2.35. The van der Waals surface area contributed by atoms with Crippen LogP contribution in [0, 0.1) is 10.1 Å². The van der Waals surface area contributed by atoms with Crippen molar-refractivity contribution in [2.45, 2.75) is 51.1 Å². The Bertz CT molecular complexity index is 1000. The van der Waals surface area contributed by atoms with Crippen molar-refractivity contribution in [1.82, 2.24) is 19.7 Å². The lowest BCUT2D eigenvalue weighted by Crippen LogP contribution is -2.32. The molecule has 1 fully saturated rings. The molecule has 0 spiro atoms. The van der Waals surface area contributed by atoms with E-state index in [4.69, 9.17) is 0 Å². The van der Waals surface area contributed by atoms with Crippen molar-refractivity contribution in [3.05, 3.63) is 51.1 Å². The lowest BCUT2D eigenvalue weighted by Gasteiger charge is -2.25. The second-order valence-electron chi connectivity index (χ2n) is 7.61. The van der Waals surface area contributed by atoms with Gasteiger partial charge in [0.1, 0.15) is 5.82 Å². The molecule has 4 rings (SSSR count). The quantitative estimate of drug-likeness (QED) is 0.429. The van der Waals surface area contributed by atoms with Crippen LogP contribution < -0.4 is 0 Å². The van der Waals surface area contributed by atoms with E-state index < -0.39 is 10.9 Å². The Morgan fingerprint density at radius 1 is 1.10 bits per heavy atom. The zero-order valence-corrected chi connectivity index (χ0v) is 16.7. The summed E-state index contributed by atoms with van der Waals surface area (Å²) in [6, 6.07) is 3.43. The first kappa shape index (κ1) is 20.0. The minimum Gasteiger partial charge on any atom is -0.465 e. The summed E-state index contributed by atoms with van der Waals surface area (Å²) >= 11 is 0. The molecule has 0 bridgehead atoms. The lowest BCUT2D eigenvalue weighted by molar-refractivity contribution is -0.384. The van der Waals surface area contributed by atoms with Gasteiger partial charge in [-0.2, -0.15) is 0 Å². The molecule has 30 heavy (non-hydrogen) atoms. The second kappa shape index (κ2) is 8.21. The van der Waals surface area contributed by atoms with E-state index in [1.54, 1.807) is 4.90 Å². The van der Waals surface area contributed by atoms with Gasteiger partial charge in [0.15, 0.2) is 5.82 Å². The van der Waals surface area contributed by atoms with Gasteiger partial charge < -0.3 is 14.2 Å². The largest absolute Gasteiger partial charge is 0.465 e. The fourth-order valence-corrected chi connectivity index (χ4v) is 4.27. The van der Waals surface area contributed by atoms with E-state index in [1.807, 2.05) is 0 Å². The Morgan fingerprint density at radius 3 is 2.67 bits per heavy atom. The van der Waals surface area contributed by atoms with E-state index in [0.717, 1.165) is 62.8 Å². The molecule has 1 aromatic heterocycles. The molecule has 0 radical (unpaired) electrons. The Balaban J connectivity index is 1.68. The maximum Gasteiger partial charge on any atom is 0.338 e. The number of nitro benzene ring substituents is 1. The smallest absolute Gasteiger partial charge is 0.338 e. The topological polar surface area (TPSA) is 120 Å². The molecule has 158 valence electrons. The summed E-state index contributed by atoms with van der Waals surface area (Å²) in [6.07, 6.45) is 5.70. The highest BCUT2D eigenvalue weighted by atomic mass is 16.6. The number of rotatable bonds is 4. The van der Waals surface area contributed by atoms with E-state index >= 15 is 0 Å². The number of nitrogens with zero attached hydrogens (tertiary/aromatic N) is 5. The number of methoxy groups -OCH3 is 1. The fraction of sp³-hybridized carbons (Fsp3) is 0.500. The van der Waals surface area contributed by atoms with Gasteiger partial charge in [0.05, 0.1) is 23.6 Å². The van der Waals surface area contributed by atoms with Crippen molar-refractivity contribution in [3.63, 3.8) is 0 Å². The van der Waals surface area contributed by atoms with Gasteiger partial charge in [0, 0.05) is 37.2 Å². The van der Waals surface area contributed by atoms with Crippen molar-refractivity contribution >= 4 is 17.6 Å². The number of ether oxygens (including phenoxy) is 1. The molecule has 0 unspecified atom stereocenters. The molecule has 3 heterocycles. The Labute approximate surface area is 173 Å². The van der Waals surface area contributed by atoms with Gasteiger partial charge in [-0.15, -0.1) is 10.2 Å². The van der Waals surface area contributed by atoms with Crippen molar-refractivity contribution in [2.24, 2.45) is 0 Å². The molecule has 0 N–H and O–H groups in total. The van der Waals surface area contributed by atoms with Crippen molar-refractivity contribution < 1.29 is 19.2 Å². The Morgan fingerprint density at radius 2 is 1.90 bits per heavy atom. The summed E-state index contributed by atoms with van der Waals surface area (Å²) < 4.78 is 6.80. The van der Waals surface area contributed by atoms with Crippen LogP contribution in [0.5, 0.6) is 0 Å². The van der Waals surface area contributed by atoms with Crippen LogP contribution in [0.1, 0.15) is 70.5 Å². The van der Waals surface area contributed by atoms with Gasteiger partial charge in [-0.25, -0.2) is 4.79 Å². The number of aryl methyl sites for hydroxylation is 1. The summed E-state index contributed by atoms with van der Waals surface area (Å²) in [5.41, 5.74) is -0.261. The number of carbonyl (C=O) groups is 2. The predicted molar refractivity (Wildman–Crippen MR) is 105 cm³/mol. The highest BCUT2D eigenvalue weighted by Crippen LogP contribution is 2.34. The van der Waals surface area contributed by atoms with Gasteiger partial charge in [-0.1, -0.05) is 6.42 Å². The molecule has 0 aliphatic carbocycles. The second-order valence-corrected chi connectivity index (χ2v) is 7.61. The van der Waals surface area contributed by atoms with Gasteiger partial charge >= 0.3 is 5.97 Å². The molecule has 10 heteroatoms. The van der Waals surface area contributed by atoms with E-state index in [9.17, 15) is 19.7 Å². The zero-order valence-electron chi connectivity index (χ0n) is 16.7. The maximum atomic E-state index is 13.3. The molecule has 10 nitrogen and oxygen atoms in total. The predicted octanol–water partition coefficient (Wildman–Crippen LogP) is 2.68. The third-order valence-corrected chi connectivity index (χ3v) is 5.75. The summed E-state index contributed by atoms with van der Waals surface area (Å²) in [5.74, 6) is 0.632. The number of fused-ring (bicyclic) bond motifs is 1. The first-order valence-electron chi connectivity index (χ1n) is 10.1. The first-order valence-corrected chi connectivity index (χ1v) is 10.1. The SMILES string of the molecule is COC(=O)c1cc(C(=O)N2CCC[C@H]2c2nnc3n2CCCCC3)cc([N+](=O)[O-])c1. The van der Waals surface area contributed by atoms with Crippen LogP contribution in [0.2, 0.25) is 0 Å². The molecular formula is C20H23N5O5. The zero-order chi connectivity index (χ0) is 21.3. The Kier molecular flexibility index (Phi) is 5.47. The number of hydrogen-bond acceptors (Lipinski definition) is 7. The molecule has 0 saturated carbocycles. The third-order valence-electron chi connectivity index (χ3n) is 5.75. The summed E-state index contributed by atoms with van der Waals surface area (Å²) in [7, 11) is 1.19. The number of carbonyl (C=O) groups excluding carboxylic acids is 2. The number of non-ortho nitro benzene ring substituents is 1. The number of amides is 1. The van der Waals surface area contributed by atoms with E-state index in [2.05, 4.69) is 19.5 Å². The minimum absolute atomic E-state index is 0.0258. The van der Waals surface area contributed by atoms with Gasteiger partial charge in [-0.05, 0) is 31.7 Å². The van der Waals surface area contributed by atoms with Crippen LogP contribution in [0.25, 0.3) is 0 Å². The van der Waals surface area contributed by atoms with E-state index in [0.29, 0.717) is 6.54 Å². The first-order chi connectivity index (χ1) is 14.5. The van der Waals surface area contributed by atoms with Gasteiger partial charge in [0.2, 0.25) is 0 Å². The van der Waals surface area contributed by atoms with Crippen LogP contribution >= 0.6 is 0 Å². The molecule has 2 aliphatic rings. The van der Waals surface area contributed by atoms with E-state index in [-0.39, 0.29) is 28.8 Å². The van der Waals surface area contributed by atoms with Gasteiger partial charge in [0.25, 0.3) is 11.6 Å². The normalized spacial score (nSPS) is 18.6.